The number of halogens is 1. The summed E-state index contributed by atoms with van der Waals surface area (Å²) in [6.45, 7) is 4.53. The SMILES string of the molecule is Cc1nc(COc2ccccc2C(=O)N2CCC(OCCCN)CC2)no1.Cl. The Labute approximate surface area is 170 Å². The molecule has 1 fully saturated rings. The molecule has 1 aromatic heterocycles. The first-order chi connectivity index (χ1) is 13.2. The van der Waals surface area contributed by atoms with Gasteiger partial charge in [0.15, 0.2) is 6.61 Å². The summed E-state index contributed by atoms with van der Waals surface area (Å²) in [5.41, 5.74) is 6.03. The van der Waals surface area contributed by atoms with Gasteiger partial charge in [0.05, 0.1) is 11.7 Å². The van der Waals surface area contributed by atoms with Gasteiger partial charge in [-0.15, -0.1) is 12.4 Å². The summed E-state index contributed by atoms with van der Waals surface area (Å²) < 4.78 is 16.5. The molecule has 0 aliphatic carbocycles. The molecule has 0 radical (unpaired) electrons. The fourth-order valence-corrected chi connectivity index (χ4v) is 3.04. The van der Waals surface area contributed by atoms with E-state index >= 15 is 0 Å². The Morgan fingerprint density at radius 2 is 2.07 bits per heavy atom. The molecule has 9 heteroatoms. The third-order valence-electron chi connectivity index (χ3n) is 4.48. The zero-order valence-corrected chi connectivity index (χ0v) is 16.8. The highest BCUT2D eigenvalue weighted by Gasteiger charge is 2.25. The molecular formula is C19H27ClN4O4. The molecule has 1 aliphatic heterocycles. The summed E-state index contributed by atoms with van der Waals surface area (Å²) in [6.07, 6.45) is 2.74. The van der Waals surface area contributed by atoms with Gasteiger partial charge in [-0.2, -0.15) is 4.98 Å². The van der Waals surface area contributed by atoms with Gasteiger partial charge >= 0.3 is 0 Å². The van der Waals surface area contributed by atoms with Crippen molar-refractivity contribution in [3.8, 4) is 5.75 Å². The second-order valence-electron chi connectivity index (χ2n) is 6.52. The summed E-state index contributed by atoms with van der Waals surface area (Å²) in [6, 6.07) is 7.23. The van der Waals surface area contributed by atoms with Crippen molar-refractivity contribution < 1.29 is 18.8 Å². The van der Waals surface area contributed by atoms with Gasteiger partial charge in [0.2, 0.25) is 11.7 Å². The number of piperidine rings is 1. The molecule has 2 heterocycles. The van der Waals surface area contributed by atoms with Crippen molar-refractivity contribution in [3.05, 3.63) is 41.5 Å². The molecule has 28 heavy (non-hydrogen) atoms. The van der Waals surface area contributed by atoms with Gasteiger partial charge in [-0.25, -0.2) is 0 Å². The fraction of sp³-hybridized carbons (Fsp3) is 0.526. The van der Waals surface area contributed by atoms with E-state index in [4.69, 9.17) is 19.7 Å². The molecular weight excluding hydrogens is 384 g/mol. The van der Waals surface area contributed by atoms with E-state index in [2.05, 4.69) is 10.1 Å². The van der Waals surface area contributed by atoms with Gasteiger partial charge in [-0.3, -0.25) is 4.79 Å². The summed E-state index contributed by atoms with van der Waals surface area (Å²) in [7, 11) is 0. The third kappa shape index (κ3) is 5.92. The van der Waals surface area contributed by atoms with Crippen molar-refractivity contribution in [2.75, 3.05) is 26.2 Å². The van der Waals surface area contributed by atoms with E-state index in [1.807, 2.05) is 17.0 Å². The largest absolute Gasteiger partial charge is 0.485 e. The van der Waals surface area contributed by atoms with Crippen molar-refractivity contribution in [1.82, 2.24) is 15.0 Å². The second kappa shape index (κ2) is 11.0. The van der Waals surface area contributed by atoms with Crippen LogP contribution >= 0.6 is 12.4 Å². The number of amides is 1. The number of nitrogens with zero attached hydrogens (tertiary/aromatic N) is 3. The predicted octanol–water partition coefficient (Wildman–Crippen LogP) is 2.35. The van der Waals surface area contributed by atoms with Crippen LogP contribution in [0, 0.1) is 6.92 Å². The standard InChI is InChI=1S/C19H26N4O4.ClH/c1-14-21-18(22-27-14)13-26-17-6-3-2-5-16(17)19(24)23-10-7-15(8-11-23)25-12-4-9-20;/h2-3,5-6,15H,4,7-13,20H2,1H3;1H. The molecule has 2 aromatic rings. The number of hydrogen-bond acceptors (Lipinski definition) is 7. The minimum atomic E-state index is -0.0321. The van der Waals surface area contributed by atoms with Crippen LogP contribution in [0.15, 0.2) is 28.8 Å². The number of hydrogen-bond donors (Lipinski definition) is 1. The first-order valence-corrected chi connectivity index (χ1v) is 9.29. The van der Waals surface area contributed by atoms with Gasteiger partial charge in [-0.05, 0) is 37.9 Å². The van der Waals surface area contributed by atoms with Gasteiger partial charge < -0.3 is 24.6 Å². The van der Waals surface area contributed by atoms with Crippen LogP contribution in [0.25, 0.3) is 0 Å². The number of aromatic nitrogens is 2. The normalized spacial score (nSPS) is 14.6. The highest BCUT2D eigenvalue weighted by atomic mass is 35.5. The number of rotatable bonds is 8. The van der Waals surface area contributed by atoms with Crippen molar-refractivity contribution in [3.63, 3.8) is 0 Å². The summed E-state index contributed by atoms with van der Waals surface area (Å²) >= 11 is 0. The van der Waals surface area contributed by atoms with E-state index in [0.717, 1.165) is 19.3 Å². The van der Waals surface area contributed by atoms with E-state index in [1.54, 1.807) is 19.1 Å². The lowest BCUT2D eigenvalue weighted by atomic mass is 10.1. The van der Waals surface area contributed by atoms with Crippen LogP contribution in [0.5, 0.6) is 5.75 Å². The number of likely N-dealkylation sites (tertiary alicyclic amines) is 1. The Balaban J connectivity index is 0.00000280. The Hall–Kier alpha value is -2.16. The van der Waals surface area contributed by atoms with Crippen LogP contribution in [-0.2, 0) is 11.3 Å². The lowest BCUT2D eigenvalue weighted by Gasteiger charge is -2.32. The first-order valence-electron chi connectivity index (χ1n) is 9.29. The van der Waals surface area contributed by atoms with Crippen LogP contribution in [0.1, 0.15) is 41.3 Å². The van der Waals surface area contributed by atoms with Gasteiger partial charge in [0.25, 0.3) is 5.91 Å². The Kier molecular flexibility index (Phi) is 8.69. The molecule has 2 N–H and O–H groups in total. The van der Waals surface area contributed by atoms with Crippen LogP contribution in [0.3, 0.4) is 0 Å². The second-order valence-corrected chi connectivity index (χ2v) is 6.52. The Bertz CT molecular complexity index is 747. The number of carbonyl (C=O) groups excluding carboxylic acids is 1. The highest BCUT2D eigenvalue weighted by Crippen LogP contribution is 2.23. The van der Waals surface area contributed by atoms with E-state index in [0.29, 0.717) is 49.3 Å². The van der Waals surface area contributed by atoms with Crippen LogP contribution < -0.4 is 10.5 Å². The van der Waals surface area contributed by atoms with Crippen molar-refractivity contribution >= 4 is 18.3 Å². The molecule has 0 atom stereocenters. The number of para-hydroxylation sites is 1. The highest BCUT2D eigenvalue weighted by molar-refractivity contribution is 5.97. The molecule has 1 amide bonds. The van der Waals surface area contributed by atoms with Gasteiger partial charge in [0, 0.05) is 26.6 Å². The van der Waals surface area contributed by atoms with E-state index in [1.165, 1.54) is 0 Å². The molecule has 1 saturated heterocycles. The molecule has 1 aliphatic rings. The third-order valence-corrected chi connectivity index (χ3v) is 4.48. The van der Waals surface area contributed by atoms with Crippen molar-refractivity contribution in [2.24, 2.45) is 5.73 Å². The lowest BCUT2D eigenvalue weighted by Crippen LogP contribution is -2.41. The Morgan fingerprint density at radius 1 is 1.32 bits per heavy atom. The van der Waals surface area contributed by atoms with Gasteiger partial charge in [-0.1, -0.05) is 17.3 Å². The molecule has 0 unspecified atom stereocenters. The molecule has 0 spiro atoms. The van der Waals surface area contributed by atoms with Gasteiger partial charge in [0.1, 0.15) is 5.75 Å². The van der Waals surface area contributed by atoms with Crippen LogP contribution in [0.2, 0.25) is 0 Å². The molecule has 3 rings (SSSR count). The Morgan fingerprint density at radius 3 is 2.75 bits per heavy atom. The molecule has 0 saturated carbocycles. The summed E-state index contributed by atoms with van der Waals surface area (Å²) in [4.78, 5) is 18.9. The fourth-order valence-electron chi connectivity index (χ4n) is 3.04. The lowest BCUT2D eigenvalue weighted by molar-refractivity contribution is 0.00835. The predicted molar refractivity (Wildman–Crippen MR) is 106 cm³/mol. The molecule has 154 valence electrons. The monoisotopic (exact) mass is 410 g/mol. The quantitative estimate of drug-likeness (QED) is 0.666. The van der Waals surface area contributed by atoms with Crippen molar-refractivity contribution in [2.45, 2.75) is 38.9 Å². The maximum Gasteiger partial charge on any atom is 0.257 e. The zero-order chi connectivity index (χ0) is 19.1. The van der Waals surface area contributed by atoms with E-state index < -0.39 is 0 Å². The van der Waals surface area contributed by atoms with E-state index in [9.17, 15) is 4.79 Å². The number of carbonyl (C=O) groups is 1. The summed E-state index contributed by atoms with van der Waals surface area (Å²) in [5.74, 6) is 1.42. The van der Waals surface area contributed by atoms with Crippen molar-refractivity contribution in [1.29, 1.82) is 0 Å². The van der Waals surface area contributed by atoms with E-state index in [-0.39, 0.29) is 31.0 Å². The zero-order valence-electron chi connectivity index (χ0n) is 16.0. The number of aryl methyl sites for hydroxylation is 1. The molecule has 0 bridgehead atoms. The first kappa shape index (κ1) is 22.1. The summed E-state index contributed by atoms with van der Waals surface area (Å²) in [5, 5.41) is 3.81. The molecule has 8 nitrogen and oxygen atoms in total. The van der Waals surface area contributed by atoms with Crippen LogP contribution in [0.4, 0.5) is 0 Å². The van der Waals surface area contributed by atoms with Crippen LogP contribution in [-0.4, -0.2) is 53.3 Å². The molecule has 1 aromatic carbocycles. The number of ether oxygens (including phenoxy) is 2. The maximum atomic E-state index is 12.9. The minimum absolute atomic E-state index is 0. The number of nitrogens with two attached hydrogens (primary N) is 1. The average molecular weight is 411 g/mol. The maximum absolute atomic E-state index is 12.9. The average Bonchev–Trinajstić information content (AvgIpc) is 3.12. The minimum Gasteiger partial charge on any atom is -0.485 e. The smallest absolute Gasteiger partial charge is 0.257 e. The topological polar surface area (TPSA) is 104 Å². The number of benzene rings is 1.